The van der Waals surface area contributed by atoms with Crippen LogP contribution in [0.2, 0.25) is 0 Å². The summed E-state index contributed by atoms with van der Waals surface area (Å²) in [6, 6.07) is 10.9. The minimum Gasteiger partial charge on any atom is -0.329 e. The molecule has 0 aliphatic carbocycles. The third-order valence-corrected chi connectivity index (χ3v) is 4.22. The molecule has 0 saturated carbocycles. The summed E-state index contributed by atoms with van der Waals surface area (Å²) in [5.41, 5.74) is 7.12. The van der Waals surface area contributed by atoms with Gasteiger partial charge in [-0.2, -0.15) is 0 Å². The summed E-state index contributed by atoms with van der Waals surface area (Å²) >= 11 is 3.49. The molecule has 2 nitrogen and oxygen atoms in total. The SMILES string of the molecule is CN(Cc1ccccc1Br)C(CN)c1cc(F)ccc1F. The monoisotopic (exact) mass is 354 g/mol. The molecule has 112 valence electrons. The highest BCUT2D eigenvalue weighted by atomic mass is 79.9. The fourth-order valence-electron chi connectivity index (χ4n) is 2.32. The lowest BCUT2D eigenvalue weighted by molar-refractivity contribution is 0.236. The van der Waals surface area contributed by atoms with E-state index in [9.17, 15) is 8.78 Å². The molecule has 1 atom stereocenters. The lowest BCUT2D eigenvalue weighted by atomic mass is 10.0. The Morgan fingerprint density at radius 1 is 1.19 bits per heavy atom. The standard InChI is InChI=1S/C16H17BrF2N2/c1-21(10-11-4-2-3-5-14(11)17)16(9-20)13-8-12(18)6-7-15(13)19/h2-8,16H,9-10,20H2,1H3. The van der Waals surface area contributed by atoms with Gasteiger partial charge in [-0.05, 0) is 36.9 Å². The zero-order valence-electron chi connectivity index (χ0n) is 11.7. The average Bonchev–Trinajstić information content (AvgIpc) is 2.46. The fourth-order valence-corrected chi connectivity index (χ4v) is 2.73. The van der Waals surface area contributed by atoms with Crippen molar-refractivity contribution < 1.29 is 8.78 Å². The van der Waals surface area contributed by atoms with Gasteiger partial charge in [-0.15, -0.1) is 0 Å². The van der Waals surface area contributed by atoms with Gasteiger partial charge in [0, 0.05) is 23.1 Å². The van der Waals surface area contributed by atoms with Gasteiger partial charge in [-0.3, -0.25) is 4.90 Å². The molecule has 0 aromatic heterocycles. The van der Waals surface area contributed by atoms with Gasteiger partial charge >= 0.3 is 0 Å². The molecule has 0 aliphatic heterocycles. The zero-order valence-corrected chi connectivity index (χ0v) is 13.3. The van der Waals surface area contributed by atoms with E-state index in [0.29, 0.717) is 6.54 Å². The van der Waals surface area contributed by atoms with Crippen molar-refractivity contribution in [3.8, 4) is 0 Å². The molecule has 2 N–H and O–H groups in total. The van der Waals surface area contributed by atoms with Gasteiger partial charge in [0.15, 0.2) is 0 Å². The predicted octanol–water partition coefficient (Wildman–Crippen LogP) is 3.86. The number of halogens is 3. The summed E-state index contributed by atoms with van der Waals surface area (Å²) in [6.07, 6.45) is 0. The van der Waals surface area contributed by atoms with Gasteiger partial charge in [0.2, 0.25) is 0 Å². The highest BCUT2D eigenvalue weighted by Gasteiger charge is 2.20. The fraction of sp³-hybridized carbons (Fsp3) is 0.250. The normalized spacial score (nSPS) is 12.7. The Kier molecular flexibility index (Phi) is 5.45. The smallest absolute Gasteiger partial charge is 0.128 e. The Balaban J connectivity index is 2.25. The summed E-state index contributed by atoms with van der Waals surface area (Å²) in [4.78, 5) is 1.91. The van der Waals surface area contributed by atoms with Crippen molar-refractivity contribution in [3.05, 3.63) is 69.7 Å². The molecular weight excluding hydrogens is 338 g/mol. The number of hydrogen-bond acceptors (Lipinski definition) is 2. The van der Waals surface area contributed by atoms with E-state index in [1.807, 2.05) is 36.2 Å². The third kappa shape index (κ3) is 3.87. The Morgan fingerprint density at radius 3 is 2.57 bits per heavy atom. The van der Waals surface area contributed by atoms with Crippen molar-refractivity contribution in [1.82, 2.24) is 4.90 Å². The van der Waals surface area contributed by atoms with Crippen LogP contribution in [0.1, 0.15) is 17.2 Å². The zero-order chi connectivity index (χ0) is 15.4. The Morgan fingerprint density at radius 2 is 1.90 bits per heavy atom. The quantitative estimate of drug-likeness (QED) is 0.883. The maximum absolute atomic E-state index is 13.9. The minimum atomic E-state index is -0.459. The molecule has 0 aliphatic rings. The van der Waals surface area contributed by atoms with Gasteiger partial charge < -0.3 is 5.73 Å². The van der Waals surface area contributed by atoms with E-state index in [0.717, 1.165) is 22.2 Å². The molecule has 0 radical (unpaired) electrons. The van der Waals surface area contributed by atoms with Gasteiger partial charge in [0.1, 0.15) is 11.6 Å². The van der Waals surface area contributed by atoms with Crippen LogP contribution in [0.15, 0.2) is 46.9 Å². The molecular formula is C16H17BrF2N2. The lowest BCUT2D eigenvalue weighted by Gasteiger charge is -2.28. The van der Waals surface area contributed by atoms with E-state index in [1.165, 1.54) is 6.07 Å². The van der Waals surface area contributed by atoms with Gasteiger partial charge in [-0.1, -0.05) is 34.1 Å². The second kappa shape index (κ2) is 7.11. The number of likely N-dealkylation sites (N-methyl/N-ethyl adjacent to an activating group) is 1. The molecule has 0 amide bonds. The van der Waals surface area contributed by atoms with Gasteiger partial charge in [-0.25, -0.2) is 8.78 Å². The molecule has 5 heteroatoms. The highest BCUT2D eigenvalue weighted by Crippen LogP contribution is 2.26. The maximum atomic E-state index is 13.9. The first-order valence-electron chi connectivity index (χ1n) is 6.61. The maximum Gasteiger partial charge on any atom is 0.128 e. The largest absolute Gasteiger partial charge is 0.329 e. The summed E-state index contributed by atoms with van der Waals surface area (Å²) in [6.45, 7) is 0.792. The molecule has 1 unspecified atom stereocenters. The summed E-state index contributed by atoms with van der Waals surface area (Å²) in [5, 5.41) is 0. The molecule has 2 aromatic rings. The predicted molar refractivity (Wildman–Crippen MR) is 83.8 cm³/mol. The first-order valence-corrected chi connectivity index (χ1v) is 7.41. The highest BCUT2D eigenvalue weighted by molar-refractivity contribution is 9.10. The van der Waals surface area contributed by atoms with E-state index < -0.39 is 11.6 Å². The molecule has 2 aromatic carbocycles. The molecule has 0 bridgehead atoms. The molecule has 0 fully saturated rings. The molecule has 0 spiro atoms. The molecule has 2 rings (SSSR count). The topological polar surface area (TPSA) is 29.3 Å². The first-order chi connectivity index (χ1) is 10.0. The van der Waals surface area contributed by atoms with Crippen LogP contribution in [0.4, 0.5) is 8.78 Å². The van der Waals surface area contributed by atoms with Crippen LogP contribution in [0.3, 0.4) is 0 Å². The van der Waals surface area contributed by atoms with Crippen LogP contribution in [0, 0.1) is 11.6 Å². The minimum absolute atomic E-state index is 0.210. The van der Waals surface area contributed by atoms with Crippen LogP contribution in [-0.2, 0) is 6.54 Å². The summed E-state index contributed by atoms with van der Waals surface area (Å²) in [5.74, 6) is -0.898. The number of hydrogen-bond donors (Lipinski definition) is 1. The van der Waals surface area contributed by atoms with E-state index in [1.54, 1.807) is 0 Å². The third-order valence-electron chi connectivity index (χ3n) is 3.45. The van der Waals surface area contributed by atoms with Crippen molar-refractivity contribution >= 4 is 15.9 Å². The van der Waals surface area contributed by atoms with Gasteiger partial charge in [0.25, 0.3) is 0 Å². The van der Waals surface area contributed by atoms with Crippen molar-refractivity contribution in [2.75, 3.05) is 13.6 Å². The van der Waals surface area contributed by atoms with E-state index in [4.69, 9.17) is 5.73 Å². The van der Waals surface area contributed by atoms with E-state index >= 15 is 0 Å². The van der Waals surface area contributed by atoms with Crippen LogP contribution >= 0.6 is 15.9 Å². The first kappa shape index (κ1) is 16.1. The Hall–Kier alpha value is -1.30. The number of rotatable bonds is 5. The van der Waals surface area contributed by atoms with Crippen LogP contribution < -0.4 is 5.73 Å². The molecule has 21 heavy (non-hydrogen) atoms. The van der Waals surface area contributed by atoms with Crippen molar-refractivity contribution in [2.24, 2.45) is 5.73 Å². The second-order valence-electron chi connectivity index (χ2n) is 4.92. The number of nitrogens with two attached hydrogens (primary N) is 1. The van der Waals surface area contributed by atoms with Crippen LogP contribution in [0.5, 0.6) is 0 Å². The molecule has 0 heterocycles. The lowest BCUT2D eigenvalue weighted by Crippen LogP contribution is -2.31. The second-order valence-corrected chi connectivity index (χ2v) is 5.78. The van der Waals surface area contributed by atoms with Crippen LogP contribution in [0.25, 0.3) is 0 Å². The Labute approximate surface area is 131 Å². The van der Waals surface area contributed by atoms with E-state index in [-0.39, 0.29) is 18.2 Å². The van der Waals surface area contributed by atoms with Crippen molar-refractivity contribution in [2.45, 2.75) is 12.6 Å². The summed E-state index contributed by atoms with van der Waals surface area (Å²) < 4.78 is 28.3. The van der Waals surface area contributed by atoms with Gasteiger partial charge in [0.05, 0.1) is 6.04 Å². The Bertz CT molecular complexity index is 619. The van der Waals surface area contributed by atoms with E-state index in [2.05, 4.69) is 15.9 Å². The molecule has 0 saturated heterocycles. The van der Waals surface area contributed by atoms with Crippen LogP contribution in [-0.4, -0.2) is 18.5 Å². The summed E-state index contributed by atoms with van der Waals surface area (Å²) in [7, 11) is 1.85. The number of nitrogens with zero attached hydrogens (tertiary/aromatic N) is 1. The van der Waals surface area contributed by atoms with Crippen molar-refractivity contribution in [1.29, 1.82) is 0 Å². The average molecular weight is 355 g/mol. The van der Waals surface area contributed by atoms with Crippen molar-refractivity contribution in [3.63, 3.8) is 0 Å². The number of benzene rings is 2.